The van der Waals surface area contributed by atoms with Crippen molar-refractivity contribution in [2.75, 3.05) is 20.1 Å². The number of ether oxygens (including phenoxy) is 1. The number of benzene rings is 2. The Morgan fingerprint density at radius 1 is 0.887 bits per heavy atom. The van der Waals surface area contributed by atoms with Crippen LogP contribution < -0.4 is 32.3 Å². The maximum Gasteiger partial charge on any atom is 0.328 e. The van der Waals surface area contributed by atoms with Gasteiger partial charge in [-0.15, -0.1) is 0 Å². The van der Waals surface area contributed by atoms with Crippen molar-refractivity contribution in [1.82, 2.24) is 36.4 Å². The van der Waals surface area contributed by atoms with Crippen molar-refractivity contribution in [3.8, 4) is 5.75 Å². The third-order valence-electron chi connectivity index (χ3n) is 11.0. The lowest BCUT2D eigenvalue weighted by molar-refractivity contribution is -0.156. The standard InChI is InChI=1S/C43H58N8O11/c1-6-24(2)38(56)45-22-35(54)49-37-26(4)62-43(61)25(3)46-40(58)32(20-28-12-15-30(52)16-13-28)50(5)42(60)33(21-27-10-8-7-9-11-27)51-23-29(14-19-36(51)55)47-39(57)31(48-41(37)59)17-18-34(44)53/h6-13,15-16,25-26,29,31-33,36-37,52,55H,14,17-23H2,1-5H3,(H2,44,53)(H,45,56)(H,46,58)(H,47,57)(H,48,59)(H,49,54)/b24-6+/t25-,26+,29-,31-,32-,33-,36-,37+/m0/s1. The molecular weight excluding hydrogens is 805 g/mol. The summed E-state index contributed by atoms with van der Waals surface area (Å²) in [7, 11) is 1.43. The lowest BCUT2D eigenvalue weighted by Gasteiger charge is -2.43. The molecule has 0 aliphatic carbocycles. The zero-order chi connectivity index (χ0) is 45.7. The van der Waals surface area contributed by atoms with Crippen LogP contribution in [0.1, 0.15) is 64.5 Å². The van der Waals surface area contributed by atoms with Gasteiger partial charge < -0.3 is 52.2 Å². The Bertz CT molecular complexity index is 1980. The van der Waals surface area contributed by atoms with Crippen molar-refractivity contribution in [2.45, 2.75) is 115 Å². The van der Waals surface area contributed by atoms with Gasteiger partial charge in [0.15, 0.2) is 0 Å². The highest BCUT2D eigenvalue weighted by Crippen LogP contribution is 2.24. The third kappa shape index (κ3) is 13.6. The highest BCUT2D eigenvalue weighted by atomic mass is 16.5. The number of aliphatic hydroxyl groups is 1. The largest absolute Gasteiger partial charge is 0.508 e. The first kappa shape index (κ1) is 48.3. The number of allylic oxidation sites excluding steroid dienone is 1. The molecule has 2 aliphatic heterocycles. The number of nitrogens with zero attached hydrogens (tertiary/aromatic N) is 2. The van der Waals surface area contributed by atoms with Crippen LogP contribution in [0.5, 0.6) is 5.75 Å². The molecule has 1 unspecified atom stereocenters. The fourth-order valence-corrected chi connectivity index (χ4v) is 7.16. The number of phenols is 1. The normalized spacial score (nSPS) is 26.9. The minimum absolute atomic E-state index is 0.0202. The number of amides is 7. The van der Waals surface area contributed by atoms with Crippen molar-refractivity contribution in [3.05, 3.63) is 77.4 Å². The smallest absolute Gasteiger partial charge is 0.328 e. The number of piperidine rings is 1. The quantitative estimate of drug-likeness (QED) is 0.100. The van der Waals surface area contributed by atoms with Crippen LogP contribution in [0.4, 0.5) is 0 Å². The molecule has 7 amide bonds. The number of hydrogen-bond acceptors (Lipinski definition) is 12. The van der Waals surface area contributed by atoms with Crippen LogP contribution in [0, 0.1) is 0 Å². The molecule has 2 aromatic carbocycles. The van der Waals surface area contributed by atoms with Crippen LogP contribution in [0.2, 0.25) is 0 Å². The van der Waals surface area contributed by atoms with E-state index in [4.69, 9.17) is 10.5 Å². The molecule has 336 valence electrons. The summed E-state index contributed by atoms with van der Waals surface area (Å²) in [6.07, 6.45) is -1.22. The van der Waals surface area contributed by atoms with Gasteiger partial charge in [0.1, 0.15) is 42.2 Å². The van der Waals surface area contributed by atoms with Gasteiger partial charge in [-0.1, -0.05) is 48.5 Å². The van der Waals surface area contributed by atoms with E-state index >= 15 is 0 Å². The van der Waals surface area contributed by atoms with E-state index in [1.165, 1.54) is 50.9 Å². The summed E-state index contributed by atoms with van der Waals surface area (Å²) in [4.78, 5) is 111. The molecule has 19 heteroatoms. The molecule has 2 saturated heterocycles. The molecule has 0 aromatic heterocycles. The van der Waals surface area contributed by atoms with E-state index in [9.17, 15) is 48.6 Å². The van der Waals surface area contributed by atoms with Gasteiger partial charge >= 0.3 is 5.97 Å². The number of cyclic esters (lactones) is 1. The van der Waals surface area contributed by atoms with E-state index in [0.717, 1.165) is 5.56 Å². The second-order valence-electron chi connectivity index (χ2n) is 15.6. The Balaban J connectivity index is 1.77. The fraction of sp³-hybridized carbons (Fsp3) is 0.488. The van der Waals surface area contributed by atoms with Crippen molar-refractivity contribution >= 4 is 47.3 Å². The number of rotatable bonds is 11. The molecule has 2 heterocycles. The second-order valence-corrected chi connectivity index (χ2v) is 15.6. The molecule has 2 aliphatic rings. The molecule has 2 fully saturated rings. The zero-order valence-electron chi connectivity index (χ0n) is 35.6. The number of nitrogens with two attached hydrogens (primary N) is 1. The molecule has 0 radical (unpaired) electrons. The van der Waals surface area contributed by atoms with Crippen molar-refractivity contribution in [1.29, 1.82) is 0 Å². The van der Waals surface area contributed by atoms with Gasteiger partial charge in [-0.25, -0.2) is 4.79 Å². The summed E-state index contributed by atoms with van der Waals surface area (Å²) < 4.78 is 5.63. The van der Waals surface area contributed by atoms with E-state index in [1.807, 2.05) is 18.2 Å². The van der Waals surface area contributed by atoms with Crippen molar-refractivity contribution in [2.24, 2.45) is 5.73 Å². The Morgan fingerprint density at radius 2 is 1.53 bits per heavy atom. The Labute approximate surface area is 360 Å². The molecule has 4 rings (SSSR count). The van der Waals surface area contributed by atoms with Gasteiger partial charge in [0.2, 0.25) is 41.4 Å². The number of carbonyl (C=O) groups is 8. The summed E-state index contributed by atoms with van der Waals surface area (Å²) in [5.74, 6) is -6.23. The molecule has 19 nitrogen and oxygen atoms in total. The first-order valence-electron chi connectivity index (χ1n) is 20.5. The van der Waals surface area contributed by atoms with Gasteiger partial charge in [-0.3, -0.25) is 38.5 Å². The van der Waals surface area contributed by atoms with Gasteiger partial charge in [0.05, 0.1) is 12.6 Å². The first-order valence-corrected chi connectivity index (χ1v) is 20.5. The summed E-state index contributed by atoms with van der Waals surface area (Å²) in [6, 6.07) is 7.62. The number of aliphatic hydroxyl groups excluding tert-OH is 1. The predicted octanol–water partition coefficient (Wildman–Crippen LogP) is -0.960. The molecule has 2 bridgehead atoms. The average Bonchev–Trinajstić information content (AvgIpc) is 3.24. The molecule has 0 saturated carbocycles. The lowest BCUT2D eigenvalue weighted by atomic mass is 9.96. The molecule has 2 aromatic rings. The fourth-order valence-electron chi connectivity index (χ4n) is 7.16. The van der Waals surface area contributed by atoms with Crippen LogP contribution in [-0.2, 0) is 55.9 Å². The lowest BCUT2D eigenvalue weighted by Crippen LogP contribution is -2.63. The molecular formula is C43H58N8O11. The maximum atomic E-state index is 14.8. The molecule has 0 spiro atoms. The molecule has 62 heavy (non-hydrogen) atoms. The van der Waals surface area contributed by atoms with E-state index in [1.54, 1.807) is 36.1 Å². The Kier molecular flexibility index (Phi) is 17.5. The van der Waals surface area contributed by atoms with Crippen LogP contribution in [0.25, 0.3) is 0 Å². The van der Waals surface area contributed by atoms with Crippen LogP contribution in [0.15, 0.2) is 66.2 Å². The van der Waals surface area contributed by atoms with E-state index in [2.05, 4.69) is 26.6 Å². The van der Waals surface area contributed by atoms with Gasteiger partial charge in [-0.2, -0.15) is 0 Å². The van der Waals surface area contributed by atoms with Crippen molar-refractivity contribution in [3.63, 3.8) is 0 Å². The predicted molar refractivity (Wildman–Crippen MR) is 224 cm³/mol. The van der Waals surface area contributed by atoms with E-state index in [0.29, 0.717) is 11.1 Å². The maximum absolute atomic E-state index is 14.8. The van der Waals surface area contributed by atoms with Gasteiger partial charge in [-0.05, 0) is 76.6 Å². The highest BCUT2D eigenvalue weighted by molar-refractivity contribution is 5.97. The van der Waals surface area contributed by atoms with Crippen molar-refractivity contribution < 1.29 is 53.3 Å². The topological polar surface area (TPSA) is 279 Å². The number of esters is 1. The number of phenolic OH excluding ortho intramolecular Hbond substituents is 1. The monoisotopic (exact) mass is 862 g/mol. The number of aromatic hydroxyl groups is 1. The third-order valence-corrected chi connectivity index (χ3v) is 11.0. The van der Waals surface area contributed by atoms with Crippen LogP contribution >= 0.6 is 0 Å². The molecule has 9 N–H and O–H groups in total. The second kappa shape index (κ2) is 22.5. The van der Waals surface area contributed by atoms with Gasteiger partial charge in [0.25, 0.3) is 0 Å². The highest BCUT2D eigenvalue weighted by Gasteiger charge is 2.42. The summed E-state index contributed by atoms with van der Waals surface area (Å²) in [5.41, 5.74) is 7.06. The first-order chi connectivity index (χ1) is 29.4. The number of carbonyl (C=O) groups excluding carboxylic acids is 8. The molecule has 9 atom stereocenters. The van der Waals surface area contributed by atoms with Gasteiger partial charge in [0, 0.05) is 38.0 Å². The number of nitrogens with one attached hydrogen (secondary N) is 5. The number of hydrogen-bond donors (Lipinski definition) is 8. The van der Waals surface area contributed by atoms with E-state index < -0.39 is 102 Å². The number of likely N-dealkylation sites (N-methyl/N-ethyl adjacent to an activating group) is 1. The average molecular weight is 863 g/mol. The summed E-state index contributed by atoms with van der Waals surface area (Å²) >= 11 is 0. The zero-order valence-corrected chi connectivity index (χ0v) is 35.6. The Hall–Kier alpha value is -6.34. The Morgan fingerprint density at radius 3 is 2.18 bits per heavy atom. The number of primary amides is 1. The SMILES string of the molecule is C/C=C(\C)C(=O)NCC(=O)N[C@H]1C(=O)N[C@@H](CCC(N)=O)C(=O)N[C@H]2CC[C@H](O)N(C2)[C@@H](Cc2ccccc2)C(=O)N(C)[C@@H](Cc2ccc(O)cc2)C(=O)N[C@@H](C)C(=O)O[C@@H]1C. The van der Waals surface area contributed by atoms with Crippen LogP contribution in [0.3, 0.4) is 0 Å². The summed E-state index contributed by atoms with van der Waals surface area (Å²) in [5, 5.41) is 34.3. The summed E-state index contributed by atoms with van der Waals surface area (Å²) in [6.45, 7) is 5.19. The number of fused-ring (bicyclic) bond motifs is 2. The van der Waals surface area contributed by atoms with E-state index in [-0.39, 0.29) is 50.8 Å². The van der Waals surface area contributed by atoms with Crippen LogP contribution in [-0.4, -0.2) is 136 Å². The minimum atomic E-state index is -1.66. The minimum Gasteiger partial charge on any atom is -0.508 e.